The van der Waals surface area contributed by atoms with Gasteiger partial charge in [0.2, 0.25) is 0 Å². The Balaban J connectivity index is 1.53. The minimum Gasteiger partial charge on any atom is -0.482 e. The topological polar surface area (TPSA) is 80.6 Å². The number of nitrogens with zero attached hydrogens (tertiary/aromatic N) is 1. The third-order valence-electron chi connectivity index (χ3n) is 6.57. The zero-order valence-electron chi connectivity index (χ0n) is 21.2. The van der Waals surface area contributed by atoms with Gasteiger partial charge < -0.3 is 19.7 Å². The Bertz CT molecular complexity index is 1420. The van der Waals surface area contributed by atoms with Gasteiger partial charge in [-0.25, -0.2) is 4.79 Å². The number of ether oxygens (including phenoxy) is 1. The molecule has 4 aromatic rings. The molecule has 0 aliphatic heterocycles. The maximum Gasteiger partial charge on any atom is 0.341 e. The van der Waals surface area contributed by atoms with Gasteiger partial charge in [0.25, 0.3) is 5.91 Å². The first kappa shape index (κ1) is 25.0. The first-order valence-electron chi connectivity index (χ1n) is 12.1. The van der Waals surface area contributed by atoms with E-state index in [9.17, 15) is 9.59 Å². The number of hydrogen-bond acceptors (Lipinski definition) is 3. The standard InChI is InChI=1S/C30H32N2O4/c1-19(2)24-9-5-7-22(13-24)16-31-30(35)25-11-12-28-27(15-25)20(3)21(4)32(28)17-23-8-6-10-26(14-23)36-18-29(33)34/h5-15,19H,16-18H2,1-4H3,(H,31,35)(H,33,34). The summed E-state index contributed by atoms with van der Waals surface area (Å²) < 4.78 is 7.54. The van der Waals surface area contributed by atoms with E-state index in [-0.39, 0.29) is 12.5 Å². The Hall–Kier alpha value is -4.06. The van der Waals surface area contributed by atoms with E-state index >= 15 is 0 Å². The van der Waals surface area contributed by atoms with Gasteiger partial charge in [-0.15, -0.1) is 0 Å². The molecule has 4 rings (SSSR count). The first-order valence-corrected chi connectivity index (χ1v) is 12.1. The second-order valence-corrected chi connectivity index (χ2v) is 9.44. The molecular formula is C30H32N2O4. The number of carbonyl (C=O) groups excluding carboxylic acids is 1. The zero-order chi connectivity index (χ0) is 25.8. The van der Waals surface area contributed by atoms with Gasteiger partial charge in [-0.2, -0.15) is 0 Å². The monoisotopic (exact) mass is 484 g/mol. The predicted molar refractivity (Wildman–Crippen MR) is 142 cm³/mol. The summed E-state index contributed by atoms with van der Waals surface area (Å²) in [5.74, 6) is -0.135. The number of carboxylic acid groups (broad SMARTS) is 1. The molecule has 1 aromatic heterocycles. The van der Waals surface area contributed by atoms with Crippen molar-refractivity contribution in [3.05, 3.63) is 100 Å². The molecule has 186 valence electrons. The third-order valence-corrected chi connectivity index (χ3v) is 6.57. The van der Waals surface area contributed by atoms with Gasteiger partial charge in [-0.05, 0) is 72.4 Å². The highest BCUT2D eigenvalue weighted by Crippen LogP contribution is 2.28. The van der Waals surface area contributed by atoms with Crippen molar-refractivity contribution in [1.82, 2.24) is 9.88 Å². The van der Waals surface area contributed by atoms with Crippen LogP contribution in [0, 0.1) is 13.8 Å². The molecule has 1 amide bonds. The molecular weight excluding hydrogens is 452 g/mol. The van der Waals surface area contributed by atoms with E-state index in [1.807, 2.05) is 48.5 Å². The molecule has 3 aromatic carbocycles. The molecule has 0 aliphatic carbocycles. The number of amides is 1. The van der Waals surface area contributed by atoms with Gasteiger partial charge in [-0.1, -0.05) is 50.2 Å². The van der Waals surface area contributed by atoms with Crippen molar-refractivity contribution >= 4 is 22.8 Å². The van der Waals surface area contributed by atoms with E-state index in [0.717, 1.165) is 33.3 Å². The number of carbonyl (C=O) groups is 2. The van der Waals surface area contributed by atoms with Crippen LogP contribution in [0.25, 0.3) is 10.9 Å². The molecule has 0 saturated heterocycles. The molecule has 0 atom stereocenters. The number of benzene rings is 3. The van der Waals surface area contributed by atoms with Crippen molar-refractivity contribution in [2.24, 2.45) is 0 Å². The average molecular weight is 485 g/mol. The van der Waals surface area contributed by atoms with Crippen LogP contribution in [-0.2, 0) is 17.9 Å². The highest BCUT2D eigenvalue weighted by atomic mass is 16.5. The van der Waals surface area contributed by atoms with Crippen LogP contribution < -0.4 is 10.1 Å². The van der Waals surface area contributed by atoms with E-state index < -0.39 is 5.97 Å². The van der Waals surface area contributed by atoms with Crippen molar-refractivity contribution in [3.63, 3.8) is 0 Å². The van der Waals surface area contributed by atoms with E-state index in [2.05, 4.69) is 49.7 Å². The molecule has 6 heteroatoms. The molecule has 0 spiro atoms. The molecule has 0 bridgehead atoms. The number of nitrogens with one attached hydrogen (secondary N) is 1. The lowest BCUT2D eigenvalue weighted by Crippen LogP contribution is -2.22. The van der Waals surface area contributed by atoms with E-state index in [0.29, 0.717) is 30.3 Å². The molecule has 0 aliphatic rings. The summed E-state index contributed by atoms with van der Waals surface area (Å²) in [6, 6.07) is 21.6. The summed E-state index contributed by atoms with van der Waals surface area (Å²) in [5.41, 5.74) is 7.27. The Labute approximate surface area is 211 Å². The lowest BCUT2D eigenvalue weighted by Gasteiger charge is -2.11. The SMILES string of the molecule is Cc1c(C)n(Cc2cccc(OCC(=O)O)c2)c2ccc(C(=O)NCc3cccc(C(C)C)c3)cc12. The van der Waals surface area contributed by atoms with E-state index in [1.165, 1.54) is 5.56 Å². The smallest absolute Gasteiger partial charge is 0.341 e. The minimum atomic E-state index is -1.01. The second-order valence-electron chi connectivity index (χ2n) is 9.44. The fourth-order valence-corrected chi connectivity index (χ4v) is 4.40. The number of aliphatic carboxylic acids is 1. The summed E-state index contributed by atoms with van der Waals surface area (Å²) in [5, 5.41) is 13.0. The third kappa shape index (κ3) is 5.60. The van der Waals surface area contributed by atoms with Crippen LogP contribution in [0.3, 0.4) is 0 Å². The molecule has 0 fully saturated rings. The Morgan fingerprint density at radius 2 is 1.72 bits per heavy atom. The molecule has 2 N–H and O–H groups in total. The van der Waals surface area contributed by atoms with Gasteiger partial charge in [-0.3, -0.25) is 4.79 Å². The van der Waals surface area contributed by atoms with Crippen molar-refractivity contribution in [2.75, 3.05) is 6.61 Å². The number of fused-ring (bicyclic) bond motifs is 1. The minimum absolute atomic E-state index is 0.0973. The fourth-order valence-electron chi connectivity index (χ4n) is 4.40. The molecule has 36 heavy (non-hydrogen) atoms. The fraction of sp³-hybridized carbons (Fsp3) is 0.267. The quantitative estimate of drug-likeness (QED) is 0.314. The van der Waals surface area contributed by atoms with Crippen LogP contribution >= 0.6 is 0 Å². The molecule has 1 heterocycles. The summed E-state index contributed by atoms with van der Waals surface area (Å²) >= 11 is 0. The lowest BCUT2D eigenvalue weighted by molar-refractivity contribution is -0.139. The first-order chi connectivity index (χ1) is 17.2. The molecule has 0 unspecified atom stereocenters. The Morgan fingerprint density at radius 3 is 2.47 bits per heavy atom. The van der Waals surface area contributed by atoms with Crippen LogP contribution in [0.5, 0.6) is 5.75 Å². The van der Waals surface area contributed by atoms with Crippen LogP contribution in [0.15, 0.2) is 66.7 Å². The summed E-state index contributed by atoms with van der Waals surface area (Å²) in [6.07, 6.45) is 0. The van der Waals surface area contributed by atoms with Crippen molar-refractivity contribution in [3.8, 4) is 5.75 Å². The number of rotatable bonds is 9. The summed E-state index contributed by atoms with van der Waals surface area (Å²) in [4.78, 5) is 23.8. The molecule has 0 saturated carbocycles. The normalized spacial score (nSPS) is 11.1. The lowest BCUT2D eigenvalue weighted by atomic mass is 10.0. The zero-order valence-corrected chi connectivity index (χ0v) is 21.2. The predicted octanol–water partition coefficient (Wildman–Crippen LogP) is 5.82. The maximum absolute atomic E-state index is 12.9. The largest absolute Gasteiger partial charge is 0.482 e. The van der Waals surface area contributed by atoms with Crippen molar-refractivity contribution in [1.29, 1.82) is 0 Å². The van der Waals surface area contributed by atoms with Gasteiger partial charge >= 0.3 is 5.97 Å². The highest BCUT2D eigenvalue weighted by Gasteiger charge is 2.15. The Morgan fingerprint density at radius 1 is 0.972 bits per heavy atom. The van der Waals surface area contributed by atoms with Gasteiger partial charge in [0, 0.05) is 35.2 Å². The van der Waals surface area contributed by atoms with Crippen LogP contribution in [0.2, 0.25) is 0 Å². The number of carboxylic acids is 1. The number of aromatic nitrogens is 1. The van der Waals surface area contributed by atoms with E-state index in [1.54, 1.807) is 6.07 Å². The van der Waals surface area contributed by atoms with Crippen molar-refractivity contribution < 1.29 is 19.4 Å². The van der Waals surface area contributed by atoms with Crippen LogP contribution in [-0.4, -0.2) is 28.2 Å². The summed E-state index contributed by atoms with van der Waals surface area (Å²) in [6.45, 7) is 9.18. The van der Waals surface area contributed by atoms with Crippen molar-refractivity contribution in [2.45, 2.75) is 46.7 Å². The van der Waals surface area contributed by atoms with E-state index in [4.69, 9.17) is 9.84 Å². The van der Waals surface area contributed by atoms with Gasteiger partial charge in [0.1, 0.15) is 5.75 Å². The van der Waals surface area contributed by atoms with Gasteiger partial charge in [0.15, 0.2) is 6.61 Å². The maximum atomic E-state index is 12.9. The highest BCUT2D eigenvalue weighted by molar-refractivity contribution is 5.99. The Kier molecular flexibility index (Phi) is 7.44. The summed E-state index contributed by atoms with van der Waals surface area (Å²) in [7, 11) is 0. The van der Waals surface area contributed by atoms with Crippen LogP contribution in [0.1, 0.15) is 58.1 Å². The van der Waals surface area contributed by atoms with Gasteiger partial charge in [0.05, 0.1) is 0 Å². The number of hydrogen-bond donors (Lipinski definition) is 2. The second kappa shape index (κ2) is 10.7. The molecule has 0 radical (unpaired) electrons. The average Bonchev–Trinajstić information content (AvgIpc) is 3.10. The van der Waals surface area contributed by atoms with Crippen LogP contribution in [0.4, 0.5) is 0 Å². The number of aryl methyl sites for hydroxylation is 1. The molecule has 6 nitrogen and oxygen atoms in total.